The van der Waals surface area contributed by atoms with Gasteiger partial charge >= 0.3 is 6.09 Å². The standard InChI is InChI=1S/C37H41Cl2N7O4/c1-49-37(48)43-31(24-12-14-50-15-13-24)36(47)46-27-17-25(27)18-28(46)35-42-30(33(39)45-35)23-10-6-21(7-11-23)20-4-8-22(9-5-20)29-32(38)44-34(41-29)26(40)16-19-2-3-19/h4-11,19,24-28,31H,2-3,12-18,40H2,1H3,(H,41,44)(H,42,45)(H,43,48)/t25-,26+,27-,28+,31+/m1/s1. The van der Waals surface area contributed by atoms with Crippen LogP contribution in [0.4, 0.5) is 4.79 Å². The number of hydrogen-bond donors (Lipinski definition) is 4. The van der Waals surface area contributed by atoms with Crippen molar-refractivity contribution < 1.29 is 19.1 Å². The van der Waals surface area contributed by atoms with E-state index in [9.17, 15) is 9.59 Å². The van der Waals surface area contributed by atoms with Crippen LogP contribution in [0.5, 0.6) is 0 Å². The van der Waals surface area contributed by atoms with Gasteiger partial charge in [0.05, 0.1) is 19.2 Å². The van der Waals surface area contributed by atoms with Gasteiger partial charge in [-0.05, 0) is 61.0 Å². The number of nitrogens with zero attached hydrogens (tertiary/aromatic N) is 3. The van der Waals surface area contributed by atoms with Crippen LogP contribution in [0.1, 0.15) is 68.7 Å². The minimum Gasteiger partial charge on any atom is -0.453 e. The number of nitrogens with two attached hydrogens (primary N) is 1. The molecule has 2 amide bonds. The zero-order valence-electron chi connectivity index (χ0n) is 27.8. The van der Waals surface area contributed by atoms with Gasteiger partial charge in [-0.2, -0.15) is 0 Å². The normalized spacial score (nSPS) is 23.0. The second-order valence-electron chi connectivity index (χ2n) is 14.1. The smallest absolute Gasteiger partial charge is 0.407 e. The van der Waals surface area contributed by atoms with E-state index in [-0.39, 0.29) is 30.0 Å². The molecule has 5 N–H and O–H groups in total. The fraction of sp³-hybridized carbons (Fsp3) is 0.459. The highest BCUT2D eigenvalue weighted by molar-refractivity contribution is 6.32. The van der Waals surface area contributed by atoms with Crippen molar-refractivity contribution in [3.05, 3.63) is 70.5 Å². The predicted octanol–water partition coefficient (Wildman–Crippen LogP) is 7.05. The highest BCUT2D eigenvalue weighted by Gasteiger charge is 2.56. The van der Waals surface area contributed by atoms with Crippen LogP contribution in [-0.4, -0.2) is 69.2 Å². The molecule has 4 aliphatic rings. The summed E-state index contributed by atoms with van der Waals surface area (Å²) in [5.41, 5.74) is 11.6. The number of imidazole rings is 2. The van der Waals surface area contributed by atoms with Crippen molar-refractivity contribution in [1.29, 1.82) is 0 Å². The minimum absolute atomic E-state index is 0.0317. The highest BCUT2D eigenvalue weighted by atomic mass is 35.5. The number of amides is 2. The predicted molar refractivity (Wildman–Crippen MR) is 190 cm³/mol. The molecule has 2 saturated carbocycles. The maximum Gasteiger partial charge on any atom is 0.407 e. The molecule has 0 spiro atoms. The Balaban J connectivity index is 0.979. The molecule has 0 radical (unpaired) electrons. The molecule has 2 saturated heterocycles. The van der Waals surface area contributed by atoms with E-state index in [2.05, 4.69) is 27.4 Å². The van der Waals surface area contributed by atoms with Crippen LogP contribution in [0, 0.1) is 17.8 Å². The molecule has 50 heavy (non-hydrogen) atoms. The molecule has 4 aromatic rings. The number of benzene rings is 2. The maximum atomic E-state index is 14.2. The van der Waals surface area contributed by atoms with E-state index in [1.54, 1.807) is 0 Å². The van der Waals surface area contributed by atoms with Gasteiger partial charge < -0.3 is 35.4 Å². The minimum atomic E-state index is -0.691. The van der Waals surface area contributed by atoms with Crippen LogP contribution in [0.3, 0.4) is 0 Å². The Hall–Kier alpha value is -3.90. The summed E-state index contributed by atoms with van der Waals surface area (Å²) >= 11 is 13.3. The molecule has 5 atom stereocenters. The van der Waals surface area contributed by atoms with Crippen LogP contribution >= 0.6 is 23.2 Å². The Kier molecular flexibility index (Phi) is 9.09. The Morgan fingerprint density at radius 2 is 1.52 bits per heavy atom. The second-order valence-corrected chi connectivity index (χ2v) is 14.9. The third-order valence-corrected chi connectivity index (χ3v) is 11.3. The molecule has 13 heteroatoms. The van der Waals surface area contributed by atoms with Gasteiger partial charge in [0.1, 0.15) is 39.4 Å². The number of likely N-dealkylation sites (tertiary alicyclic amines) is 1. The van der Waals surface area contributed by atoms with Crippen LogP contribution in [0.25, 0.3) is 33.6 Å². The van der Waals surface area contributed by atoms with Gasteiger partial charge in [-0.1, -0.05) is 84.6 Å². The topological polar surface area (TPSA) is 151 Å². The number of halogens is 2. The summed E-state index contributed by atoms with van der Waals surface area (Å²) in [6.45, 7) is 1.12. The van der Waals surface area contributed by atoms with E-state index < -0.39 is 12.1 Å². The monoisotopic (exact) mass is 717 g/mol. The van der Waals surface area contributed by atoms with Gasteiger partial charge in [0.2, 0.25) is 5.91 Å². The molecule has 2 aromatic heterocycles. The molecule has 2 aliphatic heterocycles. The van der Waals surface area contributed by atoms with Gasteiger partial charge in [0.25, 0.3) is 0 Å². The summed E-state index contributed by atoms with van der Waals surface area (Å²) in [7, 11) is 1.31. The number of H-pyrrole nitrogens is 2. The summed E-state index contributed by atoms with van der Waals surface area (Å²) in [4.78, 5) is 44.5. The number of aromatic amines is 2. The first-order chi connectivity index (χ1) is 24.3. The summed E-state index contributed by atoms with van der Waals surface area (Å²) in [6, 6.07) is 15.3. The maximum absolute atomic E-state index is 14.2. The van der Waals surface area contributed by atoms with Crippen LogP contribution < -0.4 is 11.1 Å². The number of ether oxygens (including phenoxy) is 2. The van der Waals surface area contributed by atoms with Crippen molar-refractivity contribution in [2.75, 3.05) is 20.3 Å². The molecule has 8 rings (SSSR count). The van der Waals surface area contributed by atoms with Gasteiger partial charge in [-0.25, -0.2) is 14.8 Å². The number of carbonyl (C=O) groups excluding carboxylic acids is 2. The first kappa shape index (κ1) is 33.3. The highest BCUT2D eigenvalue weighted by Crippen LogP contribution is 2.54. The number of aromatic nitrogens is 4. The molecule has 2 aromatic carbocycles. The molecule has 2 aliphatic carbocycles. The van der Waals surface area contributed by atoms with Gasteiger partial charge in [0.15, 0.2) is 0 Å². The summed E-state index contributed by atoms with van der Waals surface area (Å²) in [6.07, 6.45) is 5.94. The van der Waals surface area contributed by atoms with E-state index in [1.165, 1.54) is 20.0 Å². The fourth-order valence-electron chi connectivity index (χ4n) is 7.71. The van der Waals surface area contributed by atoms with Crippen molar-refractivity contribution in [3.63, 3.8) is 0 Å². The zero-order valence-corrected chi connectivity index (χ0v) is 29.3. The second kappa shape index (κ2) is 13.7. The number of carbonyl (C=O) groups is 2. The average Bonchev–Trinajstić information content (AvgIpc) is 4.00. The molecule has 262 valence electrons. The Bertz CT molecular complexity index is 1870. The molecule has 0 unspecified atom stereocenters. The molecular weight excluding hydrogens is 677 g/mol. The molecule has 0 bridgehead atoms. The summed E-state index contributed by atoms with van der Waals surface area (Å²) in [5, 5.41) is 3.75. The number of alkyl carbamates (subject to hydrolysis) is 1. The zero-order chi connectivity index (χ0) is 34.5. The van der Waals surface area contributed by atoms with E-state index in [0.29, 0.717) is 65.4 Å². The quantitative estimate of drug-likeness (QED) is 0.137. The molecule has 4 heterocycles. The first-order valence-electron chi connectivity index (χ1n) is 17.5. The lowest BCUT2D eigenvalue weighted by atomic mass is 9.90. The number of piperidine rings is 1. The van der Waals surface area contributed by atoms with Crippen molar-refractivity contribution in [2.45, 2.75) is 69.1 Å². The van der Waals surface area contributed by atoms with Crippen molar-refractivity contribution in [3.8, 4) is 33.6 Å². The summed E-state index contributed by atoms with van der Waals surface area (Å²) in [5.74, 6) is 2.36. The lowest BCUT2D eigenvalue weighted by Crippen LogP contribution is -2.54. The third-order valence-electron chi connectivity index (χ3n) is 10.8. The largest absolute Gasteiger partial charge is 0.453 e. The van der Waals surface area contributed by atoms with Gasteiger partial charge in [-0.3, -0.25) is 4.79 Å². The third kappa shape index (κ3) is 6.64. The van der Waals surface area contributed by atoms with Crippen LogP contribution in [-0.2, 0) is 14.3 Å². The van der Waals surface area contributed by atoms with Gasteiger partial charge in [0, 0.05) is 30.4 Å². The van der Waals surface area contributed by atoms with Crippen LogP contribution in [0.2, 0.25) is 10.3 Å². The fourth-order valence-corrected chi connectivity index (χ4v) is 8.21. The van der Waals surface area contributed by atoms with E-state index in [0.717, 1.165) is 47.3 Å². The van der Waals surface area contributed by atoms with Crippen molar-refractivity contribution in [1.82, 2.24) is 30.2 Å². The Labute approximate surface area is 300 Å². The first-order valence-corrected chi connectivity index (χ1v) is 18.2. The Morgan fingerprint density at radius 1 is 0.920 bits per heavy atom. The summed E-state index contributed by atoms with van der Waals surface area (Å²) < 4.78 is 10.4. The molecule has 11 nitrogen and oxygen atoms in total. The van der Waals surface area contributed by atoms with E-state index >= 15 is 0 Å². The average molecular weight is 719 g/mol. The lowest BCUT2D eigenvalue weighted by Gasteiger charge is -2.35. The number of rotatable bonds is 10. The molecule has 4 fully saturated rings. The number of methoxy groups -OCH3 is 1. The van der Waals surface area contributed by atoms with Gasteiger partial charge in [-0.15, -0.1) is 0 Å². The SMILES string of the molecule is COC(=O)N[C@H](C(=O)N1[C@@H]2C[C@@H]2C[C@H]1c1nc(-c2ccc(-c3ccc(-c4nc([C@@H](N)CC5CC5)[nH]c4Cl)cc3)cc2)c(Cl)[nH]1)C1CCOCC1. The Morgan fingerprint density at radius 3 is 2.14 bits per heavy atom. The number of nitrogens with one attached hydrogen (secondary N) is 3. The van der Waals surface area contributed by atoms with E-state index in [4.69, 9.17) is 48.4 Å². The van der Waals surface area contributed by atoms with Crippen LogP contribution in [0.15, 0.2) is 48.5 Å². The lowest BCUT2D eigenvalue weighted by molar-refractivity contribution is -0.138. The van der Waals surface area contributed by atoms with Crippen molar-refractivity contribution in [2.24, 2.45) is 23.5 Å². The van der Waals surface area contributed by atoms with Crippen molar-refractivity contribution >= 4 is 35.2 Å². The van der Waals surface area contributed by atoms with E-state index in [1.807, 2.05) is 41.3 Å². The number of hydrogen-bond acceptors (Lipinski definition) is 7. The number of fused-ring (bicyclic) bond motifs is 1. The molecular formula is C37H41Cl2N7O4.